The first-order valence-electron chi connectivity index (χ1n) is 18.1. The highest BCUT2D eigenvalue weighted by molar-refractivity contribution is 9.10. The van der Waals surface area contributed by atoms with Gasteiger partial charge in [0, 0.05) is 17.6 Å². The number of hydrogen-bond acceptors (Lipinski definition) is 5. The van der Waals surface area contributed by atoms with E-state index in [1.54, 1.807) is 13.8 Å². The first-order valence-corrected chi connectivity index (χ1v) is 20.7. The highest BCUT2D eigenvalue weighted by Gasteiger charge is 2.48. The minimum atomic E-state index is -3.28. The molecule has 2 aliphatic heterocycles. The van der Waals surface area contributed by atoms with Crippen molar-refractivity contribution in [1.82, 2.24) is 9.80 Å². The SMILES string of the molecule is CCCCCCCCN1C(=O)C2=C(c3ccc(CP(=O)(OCC)OCC)cc3)N(CCCCCCCC)C(=O)C2=C1c1ccc(Br)cc1. The lowest BCUT2D eigenvalue weighted by Crippen LogP contribution is -2.31. The number of carbonyl (C=O) groups excluding carboxylic acids is 2. The van der Waals surface area contributed by atoms with Crippen LogP contribution in [0.2, 0.25) is 0 Å². The number of benzene rings is 2. The Morgan fingerprint density at radius 1 is 0.583 bits per heavy atom. The van der Waals surface area contributed by atoms with Gasteiger partial charge in [-0.1, -0.05) is 130 Å². The lowest BCUT2D eigenvalue weighted by molar-refractivity contribution is -0.124. The van der Waals surface area contributed by atoms with Crippen LogP contribution in [0.4, 0.5) is 0 Å². The number of rotatable bonds is 22. The molecule has 0 saturated carbocycles. The number of nitrogens with zero attached hydrogens (tertiary/aromatic N) is 2. The van der Waals surface area contributed by atoms with Gasteiger partial charge in [-0.05, 0) is 55.5 Å². The van der Waals surface area contributed by atoms with Crippen molar-refractivity contribution in [2.75, 3.05) is 26.3 Å². The van der Waals surface area contributed by atoms with Gasteiger partial charge in [0.25, 0.3) is 11.8 Å². The molecule has 0 N–H and O–H groups in total. The summed E-state index contributed by atoms with van der Waals surface area (Å²) >= 11 is 3.55. The smallest absolute Gasteiger partial charge is 0.309 e. The quantitative estimate of drug-likeness (QED) is 0.0887. The molecule has 0 atom stereocenters. The Morgan fingerprint density at radius 2 is 0.979 bits per heavy atom. The molecule has 7 nitrogen and oxygen atoms in total. The van der Waals surface area contributed by atoms with Crippen LogP contribution in [0.5, 0.6) is 0 Å². The number of unbranched alkanes of at least 4 members (excludes halogenated alkanes) is 10. The summed E-state index contributed by atoms with van der Waals surface area (Å²) in [5.41, 5.74) is 4.89. The van der Waals surface area contributed by atoms with Gasteiger partial charge in [0.05, 0.1) is 41.9 Å². The maximum atomic E-state index is 14.5. The molecule has 0 aromatic heterocycles. The normalized spacial score (nSPS) is 15.0. The van der Waals surface area contributed by atoms with Gasteiger partial charge in [0.15, 0.2) is 0 Å². The van der Waals surface area contributed by atoms with Crippen molar-refractivity contribution in [2.24, 2.45) is 0 Å². The molecule has 2 aromatic rings. The zero-order chi connectivity index (χ0) is 34.5. The summed E-state index contributed by atoms with van der Waals surface area (Å²) in [7, 11) is -3.28. The van der Waals surface area contributed by atoms with E-state index >= 15 is 0 Å². The van der Waals surface area contributed by atoms with Gasteiger partial charge in [0.2, 0.25) is 0 Å². The molecule has 2 amide bonds. The van der Waals surface area contributed by atoms with Crippen LogP contribution in [0.15, 0.2) is 64.1 Å². The lowest BCUT2D eigenvalue weighted by atomic mass is 10.0. The number of fused-ring (bicyclic) bond motifs is 1. The summed E-state index contributed by atoms with van der Waals surface area (Å²) in [5.74, 6) is -0.210. The zero-order valence-corrected chi connectivity index (χ0v) is 31.9. The summed E-state index contributed by atoms with van der Waals surface area (Å²) < 4.78 is 25.3. The number of amides is 2. The molecule has 0 aliphatic carbocycles. The van der Waals surface area contributed by atoms with Crippen LogP contribution in [0.25, 0.3) is 11.4 Å². The Bertz CT molecular complexity index is 1470. The van der Waals surface area contributed by atoms with Crippen LogP contribution >= 0.6 is 23.5 Å². The maximum Gasteiger partial charge on any atom is 0.335 e. The van der Waals surface area contributed by atoms with Crippen LogP contribution in [-0.2, 0) is 29.4 Å². The van der Waals surface area contributed by atoms with Gasteiger partial charge < -0.3 is 18.8 Å². The van der Waals surface area contributed by atoms with Crippen LogP contribution in [-0.4, -0.2) is 47.9 Å². The fourth-order valence-electron chi connectivity index (χ4n) is 6.65. The fraction of sp³-hybridized carbons (Fsp3) is 0.538. The third-order valence-electron chi connectivity index (χ3n) is 9.02. The second kappa shape index (κ2) is 19.0. The van der Waals surface area contributed by atoms with E-state index in [9.17, 15) is 14.2 Å². The van der Waals surface area contributed by atoms with Crippen molar-refractivity contribution in [1.29, 1.82) is 0 Å². The molecule has 0 spiro atoms. The highest BCUT2D eigenvalue weighted by atomic mass is 79.9. The highest BCUT2D eigenvalue weighted by Crippen LogP contribution is 2.52. The van der Waals surface area contributed by atoms with E-state index in [4.69, 9.17) is 9.05 Å². The largest absolute Gasteiger partial charge is 0.335 e. The average Bonchev–Trinajstić information content (AvgIpc) is 3.51. The van der Waals surface area contributed by atoms with E-state index in [0.29, 0.717) is 43.1 Å². The third-order valence-corrected chi connectivity index (χ3v) is 11.6. The van der Waals surface area contributed by atoms with E-state index in [-0.39, 0.29) is 18.0 Å². The number of carbonyl (C=O) groups is 2. The molecule has 4 rings (SSSR count). The molecular weight excluding hydrogens is 687 g/mol. The molecule has 0 unspecified atom stereocenters. The average molecular weight is 742 g/mol. The number of hydrogen-bond donors (Lipinski definition) is 0. The molecule has 2 heterocycles. The van der Waals surface area contributed by atoms with Gasteiger partial charge in [-0.15, -0.1) is 0 Å². The van der Waals surface area contributed by atoms with Crippen molar-refractivity contribution in [3.05, 3.63) is 80.8 Å². The van der Waals surface area contributed by atoms with Gasteiger partial charge in [-0.3, -0.25) is 14.2 Å². The maximum absolute atomic E-state index is 14.5. The molecule has 0 fully saturated rings. The van der Waals surface area contributed by atoms with Crippen molar-refractivity contribution < 1.29 is 23.2 Å². The third kappa shape index (κ3) is 9.59. The molecular formula is C39H54BrN2O5P. The molecule has 9 heteroatoms. The monoisotopic (exact) mass is 740 g/mol. The minimum Gasteiger partial charge on any atom is -0.309 e. The second-order valence-electron chi connectivity index (χ2n) is 12.7. The van der Waals surface area contributed by atoms with Gasteiger partial charge >= 0.3 is 7.60 Å². The van der Waals surface area contributed by atoms with Crippen LogP contribution in [0.1, 0.15) is 121 Å². The van der Waals surface area contributed by atoms with E-state index < -0.39 is 7.60 Å². The molecule has 0 radical (unpaired) electrons. The predicted molar refractivity (Wildman–Crippen MR) is 199 cm³/mol. The fourth-order valence-corrected chi connectivity index (χ4v) is 8.61. The summed E-state index contributed by atoms with van der Waals surface area (Å²) in [6.45, 7) is 9.76. The minimum absolute atomic E-state index is 0.105. The van der Waals surface area contributed by atoms with Gasteiger partial charge in [-0.2, -0.15) is 0 Å². The van der Waals surface area contributed by atoms with E-state index in [2.05, 4.69) is 29.8 Å². The van der Waals surface area contributed by atoms with Crippen molar-refractivity contribution >= 4 is 46.7 Å². The lowest BCUT2D eigenvalue weighted by Gasteiger charge is -2.25. The Labute approximate surface area is 296 Å². The van der Waals surface area contributed by atoms with Crippen molar-refractivity contribution in [3.63, 3.8) is 0 Å². The van der Waals surface area contributed by atoms with E-state index in [1.165, 1.54) is 38.5 Å². The number of halogens is 1. The van der Waals surface area contributed by atoms with Crippen LogP contribution < -0.4 is 0 Å². The molecule has 48 heavy (non-hydrogen) atoms. The standard InChI is InChI=1S/C39H54BrN2O5P/c1-5-9-11-13-15-17-27-41-36(31-21-19-30(20-22-31)29-48(45,46-7-3)47-8-4)34-35(39(41)44)37(32-23-25-33(40)26-24-32)42(38(34)43)28-18-16-14-12-10-6-2/h19-26H,5-18,27-29H2,1-4H3. The van der Waals surface area contributed by atoms with E-state index in [1.807, 2.05) is 58.3 Å². The topological polar surface area (TPSA) is 76.2 Å². The van der Waals surface area contributed by atoms with Crippen LogP contribution in [0, 0.1) is 0 Å². The molecule has 0 saturated heterocycles. The first-order chi connectivity index (χ1) is 23.3. The predicted octanol–water partition coefficient (Wildman–Crippen LogP) is 10.7. The second-order valence-corrected chi connectivity index (χ2v) is 15.7. The van der Waals surface area contributed by atoms with Gasteiger partial charge in [0.1, 0.15) is 0 Å². The molecule has 262 valence electrons. The molecule has 2 aliphatic rings. The van der Waals surface area contributed by atoms with Crippen molar-refractivity contribution in [2.45, 2.75) is 111 Å². The summed E-state index contributed by atoms with van der Waals surface area (Å²) in [6, 6.07) is 15.6. The Morgan fingerprint density at radius 3 is 1.40 bits per heavy atom. The summed E-state index contributed by atoms with van der Waals surface area (Å²) in [6.07, 6.45) is 13.5. The summed E-state index contributed by atoms with van der Waals surface area (Å²) in [5, 5.41) is 0. The summed E-state index contributed by atoms with van der Waals surface area (Å²) in [4.78, 5) is 32.7. The first kappa shape index (κ1) is 38.3. The van der Waals surface area contributed by atoms with E-state index in [0.717, 1.165) is 65.4 Å². The van der Waals surface area contributed by atoms with Gasteiger partial charge in [-0.25, -0.2) is 0 Å². The Hall–Kier alpha value is -2.51. The van der Waals surface area contributed by atoms with Crippen LogP contribution in [0.3, 0.4) is 0 Å². The molecule has 0 bridgehead atoms. The Kier molecular flexibility index (Phi) is 15.2. The van der Waals surface area contributed by atoms with Crippen molar-refractivity contribution in [3.8, 4) is 0 Å². The Balaban J connectivity index is 1.73. The zero-order valence-electron chi connectivity index (χ0n) is 29.4. The molecule has 2 aromatic carbocycles.